The van der Waals surface area contributed by atoms with Crippen LogP contribution in [0.1, 0.15) is 53.4 Å². The lowest BCUT2D eigenvalue weighted by Crippen LogP contribution is -2.64. The molecule has 4 nitrogen and oxygen atoms in total. The molecular formula is C14H23NO3. The molecule has 0 radical (unpaired) electrons. The Morgan fingerprint density at radius 3 is 2.67 bits per heavy atom. The highest BCUT2D eigenvalue weighted by Gasteiger charge is 2.62. The lowest BCUT2D eigenvalue weighted by Gasteiger charge is -2.62. The minimum absolute atomic E-state index is 0.163. The van der Waals surface area contributed by atoms with E-state index in [9.17, 15) is 9.90 Å². The van der Waals surface area contributed by atoms with Gasteiger partial charge in [0.1, 0.15) is 5.60 Å². The fraction of sp³-hybridized carbons (Fsp3) is 0.857. The topological polar surface area (TPSA) is 58.9 Å². The van der Waals surface area contributed by atoms with E-state index in [1.807, 2.05) is 6.92 Å². The molecule has 3 fully saturated rings. The summed E-state index contributed by atoms with van der Waals surface area (Å²) in [4.78, 5) is 16.2. The average Bonchev–Trinajstić information content (AvgIpc) is 2.26. The summed E-state index contributed by atoms with van der Waals surface area (Å²) in [5, 5.41) is 14.5. The van der Waals surface area contributed by atoms with Gasteiger partial charge in [-0.2, -0.15) is 0 Å². The molecule has 3 aliphatic carbocycles. The molecule has 0 aromatic carbocycles. The summed E-state index contributed by atoms with van der Waals surface area (Å²) >= 11 is 0. The maximum atomic E-state index is 11.3. The molecule has 0 aromatic heterocycles. The molecule has 18 heavy (non-hydrogen) atoms. The van der Waals surface area contributed by atoms with Gasteiger partial charge in [0.15, 0.2) is 0 Å². The maximum absolute atomic E-state index is 11.3. The van der Waals surface area contributed by atoms with E-state index in [-0.39, 0.29) is 17.3 Å². The molecule has 0 aliphatic heterocycles. The first-order valence-electron chi connectivity index (χ1n) is 6.79. The van der Waals surface area contributed by atoms with E-state index in [4.69, 9.17) is 4.84 Å². The van der Waals surface area contributed by atoms with E-state index >= 15 is 0 Å². The molecule has 0 aromatic rings. The summed E-state index contributed by atoms with van der Waals surface area (Å²) in [7, 11) is 0. The van der Waals surface area contributed by atoms with Gasteiger partial charge in [-0.3, -0.25) is 0 Å². The standard InChI is InChI=1S/C14H23NO3/c1-5-6-12(16)18-15-11-8-9-7-10(13(9,2)3)14(11,4)17/h9-10,17H,5-8H2,1-4H3/t9-,10-,14-/m0/s1. The lowest BCUT2D eigenvalue weighted by atomic mass is 9.44. The Morgan fingerprint density at radius 2 is 2.17 bits per heavy atom. The Morgan fingerprint density at radius 1 is 1.50 bits per heavy atom. The Hall–Kier alpha value is -0.900. The van der Waals surface area contributed by atoms with Gasteiger partial charge in [0.05, 0.1) is 5.71 Å². The van der Waals surface area contributed by atoms with Crippen LogP contribution in [0.4, 0.5) is 0 Å². The van der Waals surface area contributed by atoms with E-state index in [1.165, 1.54) is 0 Å². The van der Waals surface area contributed by atoms with Crippen LogP contribution >= 0.6 is 0 Å². The van der Waals surface area contributed by atoms with Gasteiger partial charge in [-0.25, -0.2) is 4.79 Å². The van der Waals surface area contributed by atoms with Crippen LogP contribution in [0.5, 0.6) is 0 Å². The number of fused-ring (bicyclic) bond motifs is 2. The second kappa shape index (κ2) is 4.34. The fourth-order valence-electron chi connectivity index (χ4n) is 3.44. The van der Waals surface area contributed by atoms with E-state index in [0.717, 1.165) is 19.3 Å². The van der Waals surface area contributed by atoms with Crippen LogP contribution in [0.2, 0.25) is 0 Å². The van der Waals surface area contributed by atoms with Crippen molar-refractivity contribution >= 4 is 11.7 Å². The van der Waals surface area contributed by atoms with E-state index in [1.54, 1.807) is 6.92 Å². The minimum atomic E-state index is -0.940. The van der Waals surface area contributed by atoms with Crippen molar-refractivity contribution in [3.05, 3.63) is 0 Å². The normalized spacial score (nSPS) is 39.3. The molecule has 2 bridgehead atoms. The van der Waals surface area contributed by atoms with Crippen LogP contribution in [0, 0.1) is 17.3 Å². The summed E-state index contributed by atoms with van der Waals surface area (Å²) < 4.78 is 0. The van der Waals surface area contributed by atoms with Crippen LogP contribution in [0.3, 0.4) is 0 Å². The Bertz CT molecular complexity index is 385. The Kier molecular flexibility index (Phi) is 3.26. The zero-order chi connectivity index (χ0) is 13.6. The van der Waals surface area contributed by atoms with Crippen molar-refractivity contribution in [2.24, 2.45) is 22.4 Å². The molecule has 0 unspecified atom stereocenters. The van der Waals surface area contributed by atoms with Crippen molar-refractivity contribution in [3.8, 4) is 0 Å². The molecule has 0 heterocycles. The molecule has 102 valence electrons. The molecule has 0 spiro atoms. The molecule has 4 heteroatoms. The number of carbonyl (C=O) groups excluding carboxylic acids is 1. The van der Waals surface area contributed by atoms with Crippen molar-refractivity contribution in [1.29, 1.82) is 0 Å². The van der Waals surface area contributed by atoms with Gasteiger partial charge in [0.2, 0.25) is 0 Å². The SMILES string of the molecule is CCCC(=O)ON=C1C[C@@H]2C[C@@H](C2(C)C)[C@]1(C)O. The third-order valence-electron chi connectivity index (χ3n) is 4.88. The van der Waals surface area contributed by atoms with Crippen molar-refractivity contribution in [2.75, 3.05) is 0 Å². The number of hydrogen-bond donors (Lipinski definition) is 1. The summed E-state index contributed by atoms with van der Waals surface area (Å²) in [5.74, 6) is 0.443. The van der Waals surface area contributed by atoms with Gasteiger partial charge in [-0.05, 0) is 43.4 Å². The van der Waals surface area contributed by atoms with Crippen LogP contribution < -0.4 is 0 Å². The first-order chi connectivity index (χ1) is 8.30. The summed E-state index contributed by atoms with van der Waals surface area (Å²) in [6.45, 7) is 8.10. The van der Waals surface area contributed by atoms with Gasteiger partial charge in [0.25, 0.3) is 0 Å². The van der Waals surface area contributed by atoms with Crippen molar-refractivity contribution in [2.45, 2.75) is 59.0 Å². The number of aliphatic hydroxyl groups is 1. The van der Waals surface area contributed by atoms with Crippen LogP contribution in [-0.4, -0.2) is 22.4 Å². The summed E-state index contributed by atoms with van der Waals surface area (Å²) in [6.07, 6.45) is 2.90. The van der Waals surface area contributed by atoms with Gasteiger partial charge < -0.3 is 9.94 Å². The molecule has 0 amide bonds. The largest absolute Gasteiger partial charge is 0.384 e. The van der Waals surface area contributed by atoms with Gasteiger partial charge in [0, 0.05) is 6.42 Å². The van der Waals surface area contributed by atoms with Crippen molar-refractivity contribution < 1.29 is 14.7 Å². The highest BCUT2D eigenvalue weighted by atomic mass is 16.7. The number of carbonyl (C=O) groups is 1. The van der Waals surface area contributed by atoms with Crippen LogP contribution in [0.25, 0.3) is 0 Å². The van der Waals surface area contributed by atoms with Crippen LogP contribution in [0.15, 0.2) is 5.16 Å². The van der Waals surface area contributed by atoms with E-state index in [2.05, 4.69) is 19.0 Å². The zero-order valence-corrected chi connectivity index (χ0v) is 11.7. The Balaban J connectivity index is 2.08. The molecule has 3 atom stereocenters. The van der Waals surface area contributed by atoms with Gasteiger partial charge in [-0.15, -0.1) is 0 Å². The fourth-order valence-corrected chi connectivity index (χ4v) is 3.44. The Labute approximate surface area is 108 Å². The minimum Gasteiger partial charge on any atom is -0.384 e. The quantitative estimate of drug-likeness (QED) is 0.621. The second-order valence-electron chi connectivity index (χ2n) is 6.41. The first kappa shape index (κ1) is 13.5. The summed E-state index contributed by atoms with van der Waals surface area (Å²) in [6, 6.07) is 0. The lowest BCUT2D eigenvalue weighted by molar-refractivity contribution is -0.147. The molecular weight excluding hydrogens is 230 g/mol. The van der Waals surface area contributed by atoms with Crippen molar-refractivity contribution in [1.82, 2.24) is 0 Å². The average molecular weight is 253 g/mol. The monoisotopic (exact) mass is 253 g/mol. The third kappa shape index (κ3) is 1.96. The summed E-state index contributed by atoms with van der Waals surface area (Å²) in [5.41, 5.74) is -0.145. The molecule has 1 N–H and O–H groups in total. The van der Waals surface area contributed by atoms with Crippen LogP contribution in [-0.2, 0) is 9.63 Å². The smallest absolute Gasteiger partial charge is 0.335 e. The number of oxime groups is 1. The van der Waals surface area contributed by atoms with E-state index < -0.39 is 5.60 Å². The number of nitrogens with zero attached hydrogens (tertiary/aromatic N) is 1. The van der Waals surface area contributed by atoms with E-state index in [0.29, 0.717) is 18.1 Å². The second-order valence-corrected chi connectivity index (χ2v) is 6.41. The molecule has 3 saturated carbocycles. The predicted octanol–water partition coefficient (Wildman–Crippen LogP) is 2.50. The maximum Gasteiger partial charge on any atom is 0.335 e. The number of rotatable bonds is 3. The zero-order valence-electron chi connectivity index (χ0n) is 11.7. The van der Waals surface area contributed by atoms with Crippen molar-refractivity contribution in [3.63, 3.8) is 0 Å². The first-order valence-corrected chi connectivity index (χ1v) is 6.79. The molecule has 3 aliphatic rings. The highest BCUT2D eigenvalue weighted by molar-refractivity contribution is 5.94. The number of hydrogen-bond acceptors (Lipinski definition) is 4. The molecule has 3 rings (SSSR count). The van der Waals surface area contributed by atoms with Gasteiger partial charge in [-0.1, -0.05) is 25.9 Å². The van der Waals surface area contributed by atoms with Gasteiger partial charge >= 0.3 is 5.97 Å². The predicted molar refractivity (Wildman–Crippen MR) is 69.1 cm³/mol. The third-order valence-corrected chi connectivity index (χ3v) is 4.88. The highest BCUT2D eigenvalue weighted by Crippen LogP contribution is 2.61. The molecule has 0 saturated heterocycles.